The average molecular weight is 408 g/mol. The molecule has 1 aromatic heterocycles. The molecule has 142 valence electrons. The lowest BCUT2D eigenvalue weighted by atomic mass is 10.1. The van der Waals surface area contributed by atoms with E-state index >= 15 is 0 Å². The normalized spacial score (nSPS) is 11.2. The van der Waals surface area contributed by atoms with E-state index in [0.29, 0.717) is 21.2 Å². The van der Waals surface area contributed by atoms with Crippen molar-refractivity contribution in [1.29, 1.82) is 0 Å². The number of anilines is 1. The Bertz CT molecular complexity index is 915. The number of aliphatic carboxylic acids is 1. The molecule has 0 bridgehead atoms. The summed E-state index contributed by atoms with van der Waals surface area (Å²) in [4.78, 5) is 37.0. The predicted octanol–water partition coefficient (Wildman–Crippen LogP) is 4.46. The molecule has 27 heavy (non-hydrogen) atoms. The van der Waals surface area contributed by atoms with E-state index in [1.807, 2.05) is 6.92 Å². The molecule has 0 fully saturated rings. The highest BCUT2D eigenvalue weighted by Crippen LogP contribution is 2.34. The zero-order valence-electron chi connectivity index (χ0n) is 15.0. The van der Waals surface area contributed by atoms with E-state index in [1.54, 1.807) is 26.0 Å². The number of halogens is 1. The molecule has 0 spiro atoms. The zero-order chi connectivity index (χ0) is 20.1. The number of rotatable bonds is 7. The molecule has 1 aromatic carbocycles. The SMILES string of the molecule is CCOC(=O)c1c(NC(=CC(=O)c2ccc(Cl)cc2)C(=O)O)sc(C)c1C. The number of allylic oxidation sites excluding steroid dienone is 1. The van der Waals surface area contributed by atoms with E-state index in [4.69, 9.17) is 16.3 Å². The van der Waals surface area contributed by atoms with Gasteiger partial charge in [0, 0.05) is 21.5 Å². The lowest BCUT2D eigenvalue weighted by molar-refractivity contribution is -0.132. The molecule has 0 unspecified atom stereocenters. The fraction of sp³-hybridized carbons (Fsp3) is 0.211. The van der Waals surface area contributed by atoms with Crippen molar-refractivity contribution < 1.29 is 24.2 Å². The van der Waals surface area contributed by atoms with Crippen molar-refractivity contribution in [3.63, 3.8) is 0 Å². The van der Waals surface area contributed by atoms with Gasteiger partial charge in [-0.2, -0.15) is 0 Å². The van der Waals surface area contributed by atoms with Crippen LogP contribution in [0.2, 0.25) is 5.02 Å². The number of benzene rings is 1. The van der Waals surface area contributed by atoms with Gasteiger partial charge in [0.2, 0.25) is 0 Å². The minimum Gasteiger partial charge on any atom is -0.477 e. The van der Waals surface area contributed by atoms with Crippen LogP contribution >= 0.6 is 22.9 Å². The second kappa shape index (κ2) is 8.83. The van der Waals surface area contributed by atoms with Gasteiger partial charge in [-0.1, -0.05) is 11.6 Å². The molecule has 0 aliphatic carbocycles. The third-order valence-electron chi connectivity index (χ3n) is 3.75. The molecule has 6 nitrogen and oxygen atoms in total. The number of carboxylic acids is 1. The van der Waals surface area contributed by atoms with Gasteiger partial charge < -0.3 is 15.2 Å². The number of ketones is 1. The second-order valence-electron chi connectivity index (χ2n) is 5.57. The van der Waals surface area contributed by atoms with Gasteiger partial charge in [0.15, 0.2) is 5.78 Å². The standard InChI is InChI=1S/C19H18ClNO5S/c1-4-26-19(25)16-10(2)11(3)27-17(16)21-14(18(23)24)9-15(22)12-5-7-13(20)8-6-12/h5-9,21H,4H2,1-3H3,(H,23,24). The second-order valence-corrected chi connectivity index (χ2v) is 7.23. The zero-order valence-corrected chi connectivity index (χ0v) is 16.5. The Morgan fingerprint density at radius 3 is 2.41 bits per heavy atom. The molecule has 0 atom stereocenters. The molecular formula is C19H18ClNO5S. The first-order valence-electron chi connectivity index (χ1n) is 8.03. The Labute approximate surface area is 165 Å². The van der Waals surface area contributed by atoms with Gasteiger partial charge in [-0.15, -0.1) is 11.3 Å². The minimum absolute atomic E-state index is 0.198. The fourth-order valence-electron chi connectivity index (χ4n) is 2.27. The maximum atomic E-state index is 12.3. The highest BCUT2D eigenvalue weighted by atomic mass is 35.5. The van der Waals surface area contributed by atoms with Gasteiger partial charge in [0.25, 0.3) is 0 Å². The van der Waals surface area contributed by atoms with Gasteiger partial charge in [0.1, 0.15) is 10.7 Å². The topological polar surface area (TPSA) is 92.7 Å². The molecule has 0 aliphatic rings. The molecule has 0 radical (unpaired) electrons. The quantitative estimate of drug-likeness (QED) is 0.400. The Morgan fingerprint density at radius 1 is 1.22 bits per heavy atom. The highest BCUT2D eigenvalue weighted by Gasteiger charge is 2.23. The van der Waals surface area contributed by atoms with Crippen molar-refractivity contribution in [1.82, 2.24) is 0 Å². The van der Waals surface area contributed by atoms with Crippen molar-refractivity contribution in [3.05, 3.63) is 62.6 Å². The van der Waals surface area contributed by atoms with Crippen molar-refractivity contribution in [2.24, 2.45) is 0 Å². The van der Waals surface area contributed by atoms with Gasteiger partial charge in [-0.25, -0.2) is 9.59 Å². The number of ether oxygens (including phenoxy) is 1. The van der Waals surface area contributed by atoms with Crippen LogP contribution in [0.1, 0.15) is 38.1 Å². The average Bonchev–Trinajstić information content (AvgIpc) is 2.89. The maximum Gasteiger partial charge on any atom is 0.352 e. The predicted molar refractivity (Wildman–Crippen MR) is 105 cm³/mol. The summed E-state index contributed by atoms with van der Waals surface area (Å²) in [5.41, 5.74) is 0.922. The number of aryl methyl sites for hydroxylation is 1. The Kier molecular flexibility index (Phi) is 6.76. The minimum atomic E-state index is -1.32. The summed E-state index contributed by atoms with van der Waals surface area (Å²) in [5.74, 6) is -2.37. The first-order valence-corrected chi connectivity index (χ1v) is 9.23. The number of carboxylic acid groups (broad SMARTS) is 1. The van der Waals surface area contributed by atoms with Crippen molar-refractivity contribution in [3.8, 4) is 0 Å². The van der Waals surface area contributed by atoms with Crippen molar-refractivity contribution >= 4 is 45.7 Å². The monoisotopic (exact) mass is 407 g/mol. The Balaban J connectivity index is 2.38. The van der Waals surface area contributed by atoms with Crippen LogP contribution in [0.5, 0.6) is 0 Å². The van der Waals surface area contributed by atoms with Gasteiger partial charge in [0.05, 0.1) is 12.2 Å². The van der Waals surface area contributed by atoms with Crippen molar-refractivity contribution in [2.45, 2.75) is 20.8 Å². The summed E-state index contributed by atoms with van der Waals surface area (Å²) < 4.78 is 5.05. The maximum absolute atomic E-state index is 12.3. The molecule has 2 N–H and O–H groups in total. The number of carbonyl (C=O) groups excluding carboxylic acids is 2. The summed E-state index contributed by atoms with van der Waals surface area (Å²) in [7, 11) is 0. The van der Waals surface area contributed by atoms with Crippen LogP contribution in [0.3, 0.4) is 0 Å². The van der Waals surface area contributed by atoms with Crippen molar-refractivity contribution in [2.75, 3.05) is 11.9 Å². The van der Waals surface area contributed by atoms with Crippen LogP contribution in [0.15, 0.2) is 36.0 Å². The summed E-state index contributed by atoms with van der Waals surface area (Å²) in [5, 5.41) is 12.9. The summed E-state index contributed by atoms with van der Waals surface area (Å²) >= 11 is 7.02. The molecule has 0 saturated heterocycles. The Hall–Kier alpha value is -2.64. The third kappa shape index (κ3) is 4.96. The molecule has 0 amide bonds. The molecule has 1 heterocycles. The molecule has 0 saturated carbocycles. The number of hydrogen-bond donors (Lipinski definition) is 2. The summed E-state index contributed by atoms with van der Waals surface area (Å²) in [6.45, 7) is 5.46. The van der Waals surface area contributed by atoms with E-state index in [2.05, 4.69) is 5.32 Å². The van der Waals surface area contributed by atoms with E-state index in [0.717, 1.165) is 11.0 Å². The first kappa shape index (κ1) is 20.7. The molecule has 0 aliphatic heterocycles. The third-order valence-corrected chi connectivity index (χ3v) is 5.12. The lowest BCUT2D eigenvalue weighted by Crippen LogP contribution is -2.15. The lowest BCUT2D eigenvalue weighted by Gasteiger charge is -2.08. The van der Waals surface area contributed by atoms with E-state index in [9.17, 15) is 19.5 Å². The first-order chi connectivity index (χ1) is 12.7. The van der Waals surface area contributed by atoms with Crippen LogP contribution in [0.25, 0.3) is 0 Å². The summed E-state index contributed by atoms with van der Waals surface area (Å²) in [6.07, 6.45) is 0.977. The van der Waals surface area contributed by atoms with Crippen LogP contribution in [0.4, 0.5) is 5.00 Å². The van der Waals surface area contributed by atoms with Gasteiger partial charge >= 0.3 is 11.9 Å². The van der Waals surface area contributed by atoms with E-state index in [1.165, 1.54) is 23.5 Å². The number of carbonyl (C=O) groups is 3. The molecule has 8 heteroatoms. The number of thiophene rings is 1. The van der Waals surface area contributed by atoms with Crippen LogP contribution < -0.4 is 5.32 Å². The van der Waals surface area contributed by atoms with Crippen LogP contribution in [0, 0.1) is 13.8 Å². The fourth-order valence-corrected chi connectivity index (χ4v) is 3.45. The number of hydrogen-bond acceptors (Lipinski definition) is 6. The van der Waals surface area contributed by atoms with Gasteiger partial charge in [-0.05, 0) is 50.6 Å². The highest BCUT2D eigenvalue weighted by molar-refractivity contribution is 7.16. The number of esters is 1. The van der Waals surface area contributed by atoms with E-state index < -0.39 is 17.7 Å². The summed E-state index contributed by atoms with van der Waals surface area (Å²) in [6, 6.07) is 6.09. The molecular weight excluding hydrogens is 390 g/mol. The molecule has 2 aromatic rings. The number of nitrogens with one attached hydrogen (secondary N) is 1. The largest absolute Gasteiger partial charge is 0.477 e. The Morgan fingerprint density at radius 2 is 1.85 bits per heavy atom. The van der Waals surface area contributed by atoms with Crippen LogP contribution in [-0.4, -0.2) is 29.4 Å². The molecule has 2 rings (SSSR count). The smallest absolute Gasteiger partial charge is 0.352 e. The van der Waals surface area contributed by atoms with E-state index in [-0.39, 0.29) is 17.9 Å². The van der Waals surface area contributed by atoms with Crippen LogP contribution in [-0.2, 0) is 9.53 Å². The van der Waals surface area contributed by atoms with Gasteiger partial charge in [-0.3, -0.25) is 4.79 Å².